The molecule has 2 aromatic rings. The Balaban J connectivity index is 2.23. The molecule has 1 aromatic carbocycles. The smallest absolute Gasteiger partial charge is 0.321 e. The molecule has 0 atom stereocenters. The lowest BCUT2D eigenvalue weighted by Crippen LogP contribution is -2.40. The van der Waals surface area contributed by atoms with Gasteiger partial charge in [0, 0.05) is 13.1 Å². The summed E-state index contributed by atoms with van der Waals surface area (Å²) >= 11 is 1.10. The van der Waals surface area contributed by atoms with E-state index in [-0.39, 0.29) is 17.9 Å². The first-order valence-electron chi connectivity index (χ1n) is 7.37. The summed E-state index contributed by atoms with van der Waals surface area (Å²) in [6.07, 6.45) is 1.59. The summed E-state index contributed by atoms with van der Waals surface area (Å²) in [6, 6.07) is 6.48. The quantitative estimate of drug-likeness (QED) is 0.470. The Morgan fingerprint density at radius 3 is 2.83 bits per heavy atom. The monoisotopic (exact) mass is 346 g/mol. The highest BCUT2D eigenvalue weighted by molar-refractivity contribution is 7.99. The number of amides is 3. The highest BCUT2D eigenvalue weighted by Crippen LogP contribution is 2.17. The predicted octanol–water partition coefficient (Wildman–Crippen LogP) is 1.52. The summed E-state index contributed by atoms with van der Waals surface area (Å²) in [4.78, 5) is 40.1. The van der Waals surface area contributed by atoms with E-state index in [0.29, 0.717) is 22.6 Å². The summed E-state index contributed by atoms with van der Waals surface area (Å²) in [5.74, 6) is -0.488. The molecule has 24 heavy (non-hydrogen) atoms. The van der Waals surface area contributed by atoms with E-state index in [9.17, 15) is 14.4 Å². The van der Waals surface area contributed by atoms with Crippen molar-refractivity contribution in [2.75, 3.05) is 12.3 Å². The van der Waals surface area contributed by atoms with E-state index in [0.717, 1.165) is 11.8 Å². The SMILES string of the molecule is C=CCn1c(SCC(=O)NC(=O)NCC)nc2ccccc2c1=O. The van der Waals surface area contributed by atoms with Gasteiger partial charge in [0.2, 0.25) is 5.91 Å². The molecule has 0 fully saturated rings. The molecule has 0 aliphatic heterocycles. The van der Waals surface area contributed by atoms with Gasteiger partial charge < -0.3 is 5.32 Å². The number of urea groups is 1. The Labute approximate surface area is 143 Å². The van der Waals surface area contributed by atoms with Gasteiger partial charge in [-0.1, -0.05) is 30.0 Å². The van der Waals surface area contributed by atoms with E-state index in [1.54, 1.807) is 37.3 Å². The molecule has 0 radical (unpaired) electrons. The maximum Gasteiger partial charge on any atom is 0.321 e. The number of nitrogens with zero attached hydrogens (tertiary/aromatic N) is 2. The number of nitrogens with one attached hydrogen (secondary N) is 2. The maximum absolute atomic E-state index is 12.5. The molecule has 0 saturated carbocycles. The van der Waals surface area contributed by atoms with Crippen molar-refractivity contribution in [1.29, 1.82) is 0 Å². The van der Waals surface area contributed by atoms with Crippen molar-refractivity contribution in [3.63, 3.8) is 0 Å². The maximum atomic E-state index is 12.5. The Bertz CT molecular complexity index is 832. The minimum Gasteiger partial charge on any atom is -0.338 e. The normalized spacial score (nSPS) is 10.4. The molecule has 2 N–H and O–H groups in total. The lowest BCUT2D eigenvalue weighted by atomic mass is 10.2. The molecule has 0 aliphatic rings. The molecule has 3 amide bonds. The molecule has 8 heteroatoms. The molecule has 0 bridgehead atoms. The second kappa shape index (κ2) is 8.30. The van der Waals surface area contributed by atoms with Crippen LogP contribution >= 0.6 is 11.8 Å². The zero-order valence-corrected chi connectivity index (χ0v) is 14.1. The Morgan fingerprint density at radius 1 is 1.38 bits per heavy atom. The fraction of sp³-hybridized carbons (Fsp3) is 0.250. The highest BCUT2D eigenvalue weighted by Gasteiger charge is 2.13. The van der Waals surface area contributed by atoms with Crippen LogP contribution in [0.5, 0.6) is 0 Å². The van der Waals surface area contributed by atoms with Crippen LogP contribution < -0.4 is 16.2 Å². The minimum absolute atomic E-state index is 0.0287. The lowest BCUT2D eigenvalue weighted by molar-refractivity contribution is -0.117. The van der Waals surface area contributed by atoms with Crippen LogP contribution in [0.1, 0.15) is 6.92 Å². The topological polar surface area (TPSA) is 93.1 Å². The van der Waals surface area contributed by atoms with Crippen LogP contribution in [0.3, 0.4) is 0 Å². The van der Waals surface area contributed by atoms with Gasteiger partial charge >= 0.3 is 6.03 Å². The largest absolute Gasteiger partial charge is 0.338 e. The number of hydrogen-bond acceptors (Lipinski definition) is 5. The second-order valence-electron chi connectivity index (χ2n) is 4.81. The molecule has 1 heterocycles. The third-order valence-electron chi connectivity index (χ3n) is 3.06. The first-order valence-corrected chi connectivity index (χ1v) is 8.36. The Kier molecular flexibility index (Phi) is 6.14. The van der Waals surface area contributed by atoms with Crippen LogP contribution in [0, 0.1) is 0 Å². The number of carbonyl (C=O) groups excluding carboxylic acids is 2. The zero-order valence-electron chi connectivity index (χ0n) is 13.2. The number of rotatable bonds is 6. The number of allylic oxidation sites excluding steroid dienone is 1. The Hall–Kier alpha value is -2.61. The fourth-order valence-electron chi connectivity index (χ4n) is 2.05. The average molecular weight is 346 g/mol. The van der Waals surface area contributed by atoms with Gasteiger partial charge in [-0.25, -0.2) is 9.78 Å². The van der Waals surface area contributed by atoms with Gasteiger partial charge in [-0.3, -0.25) is 19.5 Å². The summed E-state index contributed by atoms with van der Waals surface area (Å²) in [6.45, 7) is 6.12. The van der Waals surface area contributed by atoms with Crippen LogP contribution in [0.2, 0.25) is 0 Å². The van der Waals surface area contributed by atoms with Gasteiger partial charge in [-0.05, 0) is 19.1 Å². The van der Waals surface area contributed by atoms with E-state index in [1.807, 2.05) is 0 Å². The Morgan fingerprint density at radius 2 is 2.12 bits per heavy atom. The number of imide groups is 1. The average Bonchev–Trinajstić information content (AvgIpc) is 2.56. The number of benzene rings is 1. The van der Waals surface area contributed by atoms with Gasteiger partial charge in [0.25, 0.3) is 5.56 Å². The number of thioether (sulfide) groups is 1. The molecule has 1 aromatic heterocycles. The molecule has 0 unspecified atom stereocenters. The number of fused-ring (bicyclic) bond motifs is 1. The van der Waals surface area contributed by atoms with Crippen molar-refractivity contribution < 1.29 is 9.59 Å². The van der Waals surface area contributed by atoms with Crippen LogP contribution in [0.15, 0.2) is 46.9 Å². The van der Waals surface area contributed by atoms with Crippen molar-refractivity contribution in [3.8, 4) is 0 Å². The highest BCUT2D eigenvalue weighted by atomic mass is 32.2. The second-order valence-corrected chi connectivity index (χ2v) is 5.75. The van der Waals surface area contributed by atoms with Crippen LogP contribution in [-0.2, 0) is 11.3 Å². The molecule has 126 valence electrons. The van der Waals surface area contributed by atoms with Crippen LogP contribution in [0.4, 0.5) is 4.79 Å². The van der Waals surface area contributed by atoms with E-state index in [4.69, 9.17) is 0 Å². The predicted molar refractivity (Wildman–Crippen MR) is 94.1 cm³/mol. The number of para-hydroxylation sites is 1. The lowest BCUT2D eigenvalue weighted by Gasteiger charge is -2.11. The van der Waals surface area contributed by atoms with Crippen molar-refractivity contribution >= 4 is 34.6 Å². The van der Waals surface area contributed by atoms with Crippen molar-refractivity contribution in [2.45, 2.75) is 18.6 Å². The molecular weight excluding hydrogens is 328 g/mol. The summed E-state index contributed by atoms with van der Waals surface area (Å²) in [5, 5.41) is 5.60. The van der Waals surface area contributed by atoms with Crippen molar-refractivity contribution in [2.24, 2.45) is 0 Å². The number of hydrogen-bond donors (Lipinski definition) is 2. The molecule has 0 saturated heterocycles. The van der Waals surface area contributed by atoms with Crippen LogP contribution in [-0.4, -0.2) is 33.8 Å². The molecular formula is C16H18N4O3S. The molecule has 2 rings (SSSR count). The molecule has 0 spiro atoms. The van der Waals surface area contributed by atoms with Crippen LogP contribution in [0.25, 0.3) is 10.9 Å². The third kappa shape index (κ3) is 4.23. The first-order chi connectivity index (χ1) is 11.6. The standard InChI is InChI=1S/C16H18N4O3S/c1-3-9-20-14(22)11-7-5-6-8-12(11)18-16(20)24-10-13(21)19-15(23)17-4-2/h3,5-8H,1,4,9-10H2,2H3,(H2,17,19,21,23). The van der Waals surface area contributed by atoms with Crippen molar-refractivity contribution in [1.82, 2.24) is 20.2 Å². The van der Waals surface area contributed by atoms with Gasteiger partial charge in [0.05, 0.1) is 16.7 Å². The summed E-state index contributed by atoms with van der Waals surface area (Å²) in [5.41, 5.74) is 0.376. The van der Waals surface area contributed by atoms with Gasteiger partial charge in [-0.2, -0.15) is 0 Å². The zero-order chi connectivity index (χ0) is 17.5. The summed E-state index contributed by atoms with van der Waals surface area (Å²) < 4.78 is 1.46. The van der Waals surface area contributed by atoms with Gasteiger partial charge in [-0.15, -0.1) is 6.58 Å². The number of carbonyl (C=O) groups is 2. The van der Waals surface area contributed by atoms with Gasteiger partial charge in [0.1, 0.15) is 0 Å². The fourth-order valence-corrected chi connectivity index (χ4v) is 2.85. The van der Waals surface area contributed by atoms with Crippen molar-refractivity contribution in [3.05, 3.63) is 47.3 Å². The first kappa shape index (κ1) is 17.7. The van der Waals surface area contributed by atoms with E-state index in [2.05, 4.69) is 22.2 Å². The molecule has 0 aliphatic carbocycles. The molecule has 7 nitrogen and oxygen atoms in total. The third-order valence-corrected chi connectivity index (χ3v) is 4.04. The van der Waals surface area contributed by atoms with E-state index < -0.39 is 11.9 Å². The van der Waals surface area contributed by atoms with E-state index >= 15 is 0 Å². The minimum atomic E-state index is -0.543. The number of aromatic nitrogens is 2. The van der Waals surface area contributed by atoms with E-state index in [1.165, 1.54) is 4.57 Å². The summed E-state index contributed by atoms with van der Waals surface area (Å²) in [7, 11) is 0. The van der Waals surface area contributed by atoms with Gasteiger partial charge in [0.15, 0.2) is 5.16 Å².